The van der Waals surface area contributed by atoms with Crippen LogP contribution in [0.2, 0.25) is 0 Å². The highest BCUT2D eigenvalue weighted by atomic mass is 15.2. The molecule has 0 aromatic heterocycles. The minimum Gasteiger partial charge on any atom is -0.312 e. The molecule has 2 nitrogen and oxygen atoms in total. The summed E-state index contributed by atoms with van der Waals surface area (Å²) >= 11 is 0. The molecule has 2 heterocycles. The lowest BCUT2D eigenvalue weighted by molar-refractivity contribution is 0.0769. The van der Waals surface area contributed by atoms with Crippen molar-refractivity contribution in [2.24, 2.45) is 5.41 Å². The predicted octanol–water partition coefficient (Wildman–Crippen LogP) is 3.42. The molecule has 2 atom stereocenters. The maximum absolute atomic E-state index is 3.78. The fraction of sp³-hybridized carbons (Fsp3) is 1.00. The molecule has 0 radical (unpaired) electrons. The van der Waals surface area contributed by atoms with Crippen LogP contribution in [0.4, 0.5) is 0 Å². The quantitative estimate of drug-likeness (QED) is 0.825. The van der Waals surface area contributed by atoms with E-state index in [1.165, 1.54) is 64.6 Å². The Morgan fingerprint density at radius 2 is 2.06 bits per heavy atom. The van der Waals surface area contributed by atoms with Gasteiger partial charge in [0.15, 0.2) is 0 Å². The lowest BCUT2D eigenvalue weighted by Crippen LogP contribution is -2.55. The molecule has 106 valence electrons. The average Bonchev–Trinajstić information content (AvgIpc) is 2.34. The highest BCUT2D eigenvalue weighted by Gasteiger charge is 2.34. The molecule has 2 fully saturated rings. The molecule has 2 aliphatic rings. The van der Waals surface area contributed by atoms with E-state index in [-0.39, 0.29) is 0 Å². The van der Waals surface area contributed by atoms with Crippen LogP contribution in [0.5, 0.6) is 0 Å². The van der Waals surface area contributed by atoms with E-state index in [9.17, 15) is 0 Å². The van der Waals surface area contributed by atoms with E-state index in [0.29, 0.717) is 11.5 Å². The molecule has 0 aromatic rings. The first-order valence-electron chi connectivity index (χ1n) is 8.11. The number of hydrogen-bond donors (Lipinski definition) is 1. The summed E-state index contributed by atoms with van der Waals surface area (Å²) in [5.74, 6) is 0. The largest absolute Gasteiger partial charge is 0.312 e. The SMILES string of the molecule is CCCC1CCCCN1CC1NCCCC1(C)C. The van der Waals surface area contributed by atoms with Crippen LogP contribution in [0.1, 0.15) is 65.7 Å². The minimum atomic E-state index is 0.479. The third-order valence-corrected chi connectivity index (χ3v) is 5.12. The maximum atomic E-state index is 3.78. The Labute approximate surface area is 114 Å². The van der Waals surface area contributed by atoms with Crippen molar-refractivity contribution in [1.82, 2.24) is 10.2 Å². The molecular weight excluding hydrogens is 220 g/mol. The molecule has 18 heavy (non-hydrogen) atoms. The van der Waals surface area contributed by atoms with Crippen LogP contribution in [-0.2, 0) is 0 Å². The predicted molar refractivity (Wildman–Crippen MR) is 78.9 cm³/mol. The van der Waals surface area contributed by atoms with Crippen LogP contribution in [-0.4, -0.2) is 36.6 Å². The Morgan fingerprint density at radius 3 is 2.78 bits per heavy atom. The molecule has 0 saturated carbocycles. The van der Waals surface area contributed by atoms with Crippen molar-refractivity contribution in [2.45, 2.75) is 77.8 Å². The third kappa shape index (κ3) is 3.48. The zero-order chi connectivity index (χ0) is 13.0. The second-order valence-electron chi connectivity index (χ2n) is 7.03. The lowest BCUT2D eigenvalue weighted by atomic mass is 9.77. The first-order chi connectivity index (χ1) is 8.63. The van der Waals surface area contributed by atoms with Crippen molar-refractivity contribution in [3.63, 3.8) is 0 Å². The number of hydrogen-bond acceptors (Lipinski definition) is 2. The van der Waals surface area contributed by atoms with E-state index in [2.05, 4.69) is 31.0 Å². The van der Waals surface area contributed by atoms with Crippen LogP contribution in [0.15, 0.2) is 0 Å². The molecule has 2 saturated heterocycles. The summed E-state index contributed by atoms with van der Waals surface area (Å²) in [4.78, 5) is 2.79. The Hall–Kier alpha value is -0.0800. The highest BCUT2D eigenvalue weighted by molar-refractivity contribution is 4.92. The zero-order valence-corrected chi connectivity index (χ0v) is 12.7. The fourth-order valence-corrected chi connectivity index (χ4v) is 3.78. The number of likely N-dealkylation sites (tertiary alicyclic amines) is 1. The van der Waals surface area contributed by atoms with Gasteiger partial charge in [0.2, 0.25) is 0 Å². The van der Waals surface area contributed by atoms with E-state index in [4.69, 9.17) is 0 Å². The van der Waals surface area contributed by atoms with Gasteiger partial charge >= 0.3 is 0 Å². The number of rotatable bonds is 4. The van der Waals surface area contributed by atoms with Crippen molar-refractivity contribution in [3.05, 3.63) is 0 Å². The van der Waals surface area contributed by atoms with Gasteiger partial charge in [-0.2, -0.15) is 0 Å². The van der Waals surface area contributed by atoms with Gasteiger partial charge in [-0.3, -0.25) is 4.90 Å². The third-order valence-electron chi connectivity index (χ3n) is 5.12. The molecule has 0 bridgehead atoms. The van der Waals surface area contributed by atoms with Crippen LogP contribution in [0, 0.1) is 5.41 Å². The lowest BCUT2D eigenvalue weighted by Gasteiger charge is -2.45. The molecule has 2 heteroatoms. The molecule has 2 rings (SSSR count). The molecule has 0 aliphatic carbocycles. The summed E-state index contributed by atoms with van der Waals surface area (Å²) in [5.41, 5.74) is 0.479. The Morgan fingerprint density at radius 1 is 1.22 bits per heavy atom. The summed E-state index contributed by atoms with van der Waals surface area (Å²) in [6.45, 7) is 11.1. The van der Waals surface area contributed by atoms with E-state index >= 15 is 0 Å². The minimum absolute atomic E-state index is 0.479. The highest BCUT2D eigenvalue weighted by Crippen LogP contribution is 2.32. The standard InChI is InChI=1S/C16H32N2/c1-4-8-14-9-5-6-12-18(14)13-15-16(2,3)10-7-11-17-15/h14-15,17H,4-13H2,1-3H3. The summed E-state index contributed by atoms with van der Waals surface area (Å²) in [7, 11) is 0. The van der Waals surface area contributed by atoms with Crippen LogP contribution in [0.25, 0.3) is 0 Å². The van der Waals surface area contributed by atoms with Gasteiger partial charge in [-0.25, -0.2) is 0 Å². The first-order valence-corrected chi connectivity index (χ1v) is 8.11. The van der Waals surface area contributed by atoms with Crippen LogP contribution < -0.4 is 5.32 Å². The monoisotopic (exact) mass is 252 g/mol. The number of nitrogens with zero attached hydrogens (tertiary/aromatic N) is 1. The molecule has 2 unspecified atom stereocenters. The second kappa shape index (κ2) is 6.38. The Bertz CT molecular complexity index is 247. The normalized spacial score (nSPS) is 33.5. The van der Waals surface area contributed by atoms with Crippen molar-refractivity contribution in [2.75, 3.05) is 19.6 Å². The van der Waals surface area contributed by atoms with Gasteiger partial charge in [0.25, 0.3) is 0 Å². The molecule has 2 aliphatic heterocycles. The Balaban J connectivity index is 1.93. The van der Waals surface area contributed by atoms with Crippen molar-refractivity contribution < 1.29 is 0 Å². The van der Waals surface area contributed by atoms with Gasteiger partial charge in [0, 0.05) is 18.6 Å². The molecule has 0 spiro atoms. The van der Waals surface area contributed by atoms with Gasteiger partial charge in [-0.15, -0.1) is 0 Å². The molecule has 0 amide bonds. The summed E-state index contributed by atoms with van der Waals surface area (Å²) < 4.78 is 0. The van der Waals surface area contributed by atoms with E-state index in [1.54, 1.807) is 0 Å². The van der Waals surface area contributed by atoms with Gasteiger partial charge in [0.05, 0.1) is 0 Å². The summed E-state index contributed by atoms with van der Waals surface area (Å²) in [5, 5.41) is 3.78. The average molecular weight is 252 g/mol. The summed E-state index contributed by atoms with van der Waals surface area (Å²) in [6, 6.07) is 1.56. The first kappa shape index (κ1) is 14.3. The van der Waals surface area contributed by atoms with E-state index in [1.807, 2.05) is 0 Å². The van der Waals surface area contributed by atoms with E-state index in [0.717, 1.165) is 6.04 Å². The second-order valence-corrected chi connectivity index (χ2v) is 7.03. The van der Waals surface area contributed by atoms with Crippen molar-refractivity contribution >= 4 is 0 Å². The molecular formula is C16H32N2. The summed E-state index contributed by atoms with van der Waals surface area (Å²) in [6.07, 6.45) is 9.76. The fourth-order valence-electron chi connectivity index (χ4n) is 3.78. The van der Waals surface area contributed by atoms with Crippen LogP contribution >= 0.6 is 0 Å². The van der Waals surface area contributed by atoms with Crippen molar-refractivity contribution in [3.8, 4) is 0 Å². The van der Waals surface area contributed by atoms with Crippen LogP contribution in [0.3, 0.4) is 0 Å². The van der Waals surface area contributed by atoms with E-state index < -0.39 is 0 Å². The maximum Gasteiger partial charge on any atom is 0.0246 e. The smallest absolute Gasteiger partial charge is 0.0246 e. The number of piperidine rings is 2. The van der Waals surface area contributed by atoms with Gasteiger partial charge in [-0.05, 0) is 50.6 Å². The molecule has 0 aromatic carbocycles. The number of nitrogens with one attached hydrogen (secondary N) is 1. The van der Waals surface area contributed by atoms with Crippen molar-refractivity contribution in [1.29, 1.82) is 0 Å². The topological polar surface area (TPSA) is 15.3 Å². The Kier molecular flexibility index (Phi) is 5.08. The van der Waals surface area contributed by atoms with Gasteiger partial charge in [-0.1, -0.05) is 33.6 Å². The van der Waals surface area contributed by atoms with Gasteiger partial charge in [0.1, 0.15) is 0 Å². The molecule has 1 N–H and O–H groups in total. The van der Waals surface area contributed by atoms with Gasteiger partial charge < -0.3 is 5.32 Å². The zero-order valence-electron chi connectivity index (χ0n) is 12.7.